The van der Waals surface area contributed by atoms with E-state index in [4.69, 9.17) is 15.2 Å². The zero-order chi connectivity index (χ0) is 36.1. The second kappa shape index (κ2) is 13.6. The largest absolute Gasteiger partial charge is 0.507 e. The Morgan fingerprint density at radius 2 is 1.78 bits per heavy atom. The monoisotopic (exact) mass is 679 g/mol. The van der Waals surface area contributed by atoms with Crippen LogP contribution in [0.5, 0.6) is 11.5 Å². The minimum atomic E-state index is -2.74. The van der Waals surface area contributed by atoms with E-state index in [-0.39, 0.29) is 36.0 Å². The summed E-state index contributed by atoms with van der Waals surface area (Å²) >= 11 is 0. The summed E-state index contributed by atoms with van der Waals surface area (Å²) in [4.78, 5) is 68.2. The summed E-state index contributed by atoms with van der Waals surface area (Å²) in [5, 5.41) is 37.3. The number of hydrogen-bond acceptors (Lipinski definition) is 12. The van der Waals surface area contributed by atoms with E-state index in [1.165, 1.54) is 20.3 Å². The van der Waals surface area contributed by atoms with E-state index in [1.54, 1.807) is 31.1 Å². The molecule has 0 bridgehead atoms. The number of methoxy groups -OCH3 is 2. The molecule has 0 heterocycles. The first kappa shape index (κ1) is 36.1. The topological polar surface area (TPSA) is 206 Å². The molecular weight excluding hydrogens is 634 g/mol. The van der Waals surface area contributed by atoms with Crippen LogP contribution in [0.15, 0.2) is 30.3 Å². The van der Waals surface area contributed by atoms with Crippen molar-refractivity contribution in [2.24, 2.45) is 35.3 Å². The Labute approximate surface area is 284 Å². The van der Waals surface area contributed by atoms with E-state index >= 15 is 0 Å². The highest BCUT2D eigenvalue weighted by Crippen LogP contribution is 2.52. The lowest BCUT2D eigenvalue weighted by molar-refractivity contribution is -0.190. The lowest BCUT2D eigenvalue weighted by Crippen LogP contribution is -2.75. The van der Waals surface area contributed by atoms with Crippen LogP contribution in [0.3, 0.4) is 0 Å². The van der Waals surface area contributed by atoms with Gasteiger partial charge in [0.25, 0.3) is 0 Å². The number of likely N-dealkylation sites (N-methyl/N-ethyl adjacent to an activating group) is 1. The first-order valence-corrected chi connectivity index (χ1v) is 16.4. The number of nitrogens with two attached hydrogens (primary N) is 1. The molecule has 2 aromatic rings. The summed E-state index contributed by atoms with van der Waals surface area (Å²) < 4.78 is 10.7. The number of ether oxygens (including phenoxy) is 2. The fourth-order valence-corrected chi connectivity index (χ4v) is 8.27. The van der Waals surface area contributed by atoms with Crippen LogP contribution < -0.4 is 15.8 Å². The van der Waals surface area contributed by atoms with E-state index in [9.17, 15) is 39.3 Å². The van der Waals surface area contributed by atoms with Crippen LogP contribution in [0.25, 0.3) is 11.1 Å². The van der Waals surface area contributed by atoms with Gasteiger partial charge in [0.05, 0.1) is 31.8 Å². The highest BCUT2D eigenvalue weighted by atomic mass is 16.5. The number of carbonyl (C=O) groups excluding carboxylic acids is 5. The van der Waals surface area contributed by atoms with Gasteiger partial charge in [0, 0.05) is 24.1 Å². The fourth-order valence-electron chi connectivity index (χ4n) is 8.27. The molecule has 2 saturated carbocycles. The Morgan fingerprint density at radius 1 is 1.08 bits per heavy atom. The van der Waals surface area contributed by atoms with Crippen molar-refractivity contribution in [1.29, 1.82) is 0 Å². The number of aromatic hydroxyl groups is 1. The van der Waals surface area contributed by atoms with Crippen molar-refractivity contribution in [2.45, 2.75) is 63.4 Å². The van der Waals surface area contributed by atoms with Gasteiger partial charge in [-0.3, -0.25) is 24.0 Å². The van der Waals surface area contributed by atoms with Crippen molar-refractivity contribution in [3.63, 3.8) is 0 Å². The van der Waals surface area contributed by atoms with E-state index in [2.05, 4.69) is 5.32 Å². The van der Waals surface area contributed by atoms with E-state index in [0.717, 1.165) is 5.56 Å². The molecule has 3 aliphatic carbocycles. The molecule has 13 nitrogen and oxygen atoms in total. The van der Waals surface area contributed by atoms with Gasteiger partial charge in [0.1, 0.15) is 23.5 Å². The Kier molecular flexibility index (Phi) is 10.0. The molecule has 8 atom stereocenters. The minimum absolute atomic E-state index is 0.00380. The molecule has 0 aromatic heterocycles. The molecule has 2 aromatic carbocycles. The van der Waals surface area contributed by atoms with Crippen molar-refractivity contribution in [3.8, 4) is 22.6 Å². The predicted octanol–water partition coefficient (Wildman–Crippen LogP) is 1.01. The molecule has 13 heteroatoms. The van der Waals surface area contributed by atoms with Gasteiger partial charge in [-0.05, 0) is 80.1 Å². The third-order valence-electron chi connectivity index (χ3n) is 10.5. The molecule has 0 radical (unpaired) electrons. The maximum Gasteiger partial charge on any atom is 0.322 e. The molecule has 2 fully saturated rings. The third-order valence-corrected chi connectivity index (χ3v) is 10.5. The second-order valence-electron chi connectivity index (χ2n) is 14.1. The molecule has 0 saturated heterocycles. The number of fused-ring (bicyclic) bond motifs is 3. The average Bonchev–Trinajstić information content (AvgIpc) is 3.03. The van der Waals surface area contributed by atoms with Crippen molar-refractivity contribution in [1.82, 2.24) is 10.2 Å². The van der Waals surface area contributed by atoms with Gasteiger partial charge in [-0.25, -0.2) is 0 Å². The predicted molar refractivity (Wildman–Crippen MR) is 176 cm³/mol. The third kappa shape index (κ3) is 6.02. The number of aliphatic hydroxyl groups excluding tert-OH is 1. The lowest BCUT2D eigenvalue weighted by Gasteiger charge is -2.54. The Bertz CT molecular complexity index is 1690. The maximum atomic E-state index is 14.2. The highest BCUT2D eigenvalue weighted by Gasteiger charge is 2.69. The number of esters is 1. The lowest BCUT2D eigenvalue weighted by atomic mass is 9.52. The number of primary amides is 1. The molecule has 4 unspecified atom stereocenters. The maximum absolute atomic E-state index is 14.2. The first-order valence-electron chi connectivity index (χ1n) is 16.4. The molecule has 0 aliphatic heterocycles. The smallest absolute Gasteiger partial charge is 0.322 e. The summed E-state index contributed by atoms with van der Waals surface area (Å²) in [5.41, 5.74) is 5.10. The normalized spacial score (nSPS) is 28.5. The van der Waals surface area contributed by atoms with Gasteiger partial charge in [0.2, 0.25) is 5.91 Å². The van der Waals surface area contributed by atoms with Gasteiger partial charge in [-0.2, -0.15) is 0 Å². The minimum Gasteiger partial charge on any atom is -0.507 e. The standard InChI is InChI=1S/C36H45N3O10/c1-16(2)11-23(35(46)49-6)38-15-17-7-10-25(48-5)20(12-17)19-8-9-24(40)27-21(19)13-18-14-22-29(39(3)4)31(42)28(34(37)45)33(44)36(22,47)32(43)26(18)30(27)41/h7-10,12,16,18,22-23,26,28-29,31,38,40,42,47H,11,13-15H2,1-6H3,(H2,37,45)/t18-,22-,23?,26?,28?,29-,31?,36-/m1/s1. The molecule has 49 heavy (non-hydrogen) atoms. The number of nitrogens with zero attached hydrogens (tertiary/aromatic N) is 1. The van der Waals surface area contributed by atoms with E-state index < -0.39 is 70.7 Å². The second-order valence-corrected chi connectivity index (χ2v) is 14.1. The molecule has 264 valence electrons. The number of rotatable bonds is 10. The Hall–Kier alpha value is -4.17. The van der Waals surface area contributed by atoms with E-state index in [1.807, 2.05) is 26.0 Å². The average molecular weight is 680 g/mol. The zero-order valence-electron chi connectivity index (χ0n) is 28.6. The number of ketones is 3. The number of aliphatic hydroxyl groups is 2. The summed E-state index contributed by atoms with van der Waals surface area (Å²) in [7, 11) is 6.05. The zero-order valence-corrected chi connectivity index (χ0v) is 28.6. The first-order chi connectivity index (χ1) is 23.1. The number of nitrogens with one attached hydrogen (secondary N) is 1. The van der Waals surface area contributed by atoms with Crippen LogP contribution in [-0.2, 0) is 36.9 Å². The Morgan fingerprint density at radius 3 is 2.37 bits per heavy atom. The van der Waals surface area contributed by atoms with Crippen molar-refractivity contribution < 1.29 is 48.8 Å². The van der Waals surface area contributed by atoms with Gasteiger partial charge in [-0.1, -0.05) is 26.0 Å². The number of benzene rings is 2. The van der Waals surface area contributed by atoms with Gasteiger partial charge < -0.3 is 40.7 Å². The quantitative estimate of drug-likeness (QED) is 0.176. The van der Waals surface area contributed by atoms with Crippen molar-refractivity contribution in [2.75, 3.05) is 28.3 Å². The number of hydrogen-bond donors (Lipinski definition) is 5. The summed E-state index contributed by atoms with van der Waals surface area (Å²) in [6.07, 6.45) is -0.889. The van der Waals surface area contributed by atoms with Gasteiger partial charge in [0.15, 0.2) is 23.0 Å². The molecule has 1 amide bonds. The molecular formula is C36H45N3O10. The van der Waals surface area contributed by atoms with Crippen molar-refractivity contribution >= 4 is 29.2 Å². The molecule has 5 rings (SSSR count). The molecule has 0 spiro atoms. The van der Waals surface area contributed by atoms with E-state index in [0.29, 0.717) is 35.4 Å². The molecule has 3 aliphatic rings. The number of Topliss-reactive ketones (excluding diaryl/α,β-unsaturated/α-hetero) is 3. The Balaban J connectivity index is 1.57. The summed E-state index contributed by atoms with van der Waals surface area (Å²) in [5.74, 6) is -9.35. The van der Waals surface area contributed by atoms with Gasteiger partial charge in [-0.15, -0.1) is 0 Å². The number of phenols is 1. The summed E-state index contributed by atoms with van der Waals surface area (Å²) in [6.45, 7) is 4.34. The molecule has 6 N–H and O–H groups in total. The number of phenolic OH excluding ortho intramolecular Hbond substituents is 1. The van der Waals surface area contributed by atoms with Crippen molar-refractivity contribution in [3.05, 3.63) is 47.0 Å². The SMILES string of the molecule is COC(=O)C(CC(C)C)NCc1ccc(OC)c(-c2ccc(O)c3c2C[C@@H]2C[C@@H]4[C@@H](N(C)C)C(O)C(C(N)=O)C(=O)[C@]4(O)C(=O)C2C3=O)c1. The van der Waals surface area contributed by atoms with Crippen LogP contribution >= 0.6 is 0 Å². The van der Waals surface area contributed by atoms with Crippen LogP contribution in [0, 0.1) is 29.6 Å². The van der Waals surface area contributed by atoms with Crippen LogP contribution in [0.1, 0.15) is 48.2 Å². The number of carbonyl (C=O) groups is 5. The highest BCUT2D eigenvalue weighted by molar-refractivity contribution is 6.25. The van der Waals surface area contributed by atoms with Crippen LogP contribution in [0.4, 0.5) is 0 Å². The van der Waals surface area contributed by atoms with Gasteiger partial charge >= 0.3 is 5.97 Å². The number of amides is 1. The van der Waals surface area contributed by atoms with Crippen LogP contribution in [0.2, 0.25) is 0 Å². The summed E-state index contributed by atoms with van der Waals surface area (Å²) in [6, 6.07) is 6.98. The van der Waals surface area contributed by atoms with Crippen LogP contribution in [-0.4, -0.2) is 102 Å². The fraction of sp³-hybridized carbons (Fsp3) is 0.528.